The summed E-state index contributed by atoms with van der Waals surface area (Å²) >= 11 is 0. The van der Waals surface area contributed by atoms with Crippen molar-refractivity contribution in [2.24, 2.45) is 0 Å². The Hall–Kier alpha value is -2.72. The zero-order valence-electron chi connectivity index (χ0n) is 15.6. The van der Waals surface area contributed by atoms with Crippen molar-refractivity contribution >= 4 is 11.9 Å². The Morgan fingerprint density at radius 3 is 0.824 bits per heavy atom. The third kappa shape index (κ3) is 8.90. The highest BCUT2D eigenvalue weighted by atomic mass is 19.4. The Bertz CT molecular complexity index is 692. The molecule has 2 atom stereocenters. The molecule has 0 aromatic rings. The summed E-state index contributed by atoms with van der Waals surface area (Å²) in [4.78, 5) is 19.7. The predicted molar refractivity (Wildman–Crippen MR) is 77.7 cm³/mol. The van der Waals surface area contributed by atoms with Gasteiger partial charge in [0.25, 0.3) is 0 Å². The summed E-state index contributed by atoms with van der Waals surface area (Å²) in [6.07, 6.45) is -23.4. The Labute approximate surface area is 177 Å². The van der Waals surface area contributed by atoms with Gasteiger partial charge in [0.15, 0.2) is 11.7 Å². The molecule has 0 saturated carbocycles. The molecule has 0 aliphatic carbocycles. The van der Waals surface area contributed by atoms with Crippen LogP contribution in [0.5, 0.6) is 0 Å². The maximum atomic E-state index is 12.6. The molecule has 2 unspecified atom stereocenters. The van der Waals surface area contributed by atoms with E-state index in [9.17, 15) is 71.1 Å². The first-order valence-electron chi connectivity index (χ1n) is 6.52. The van der Waals surface area contributed by atoms with Crippen LogP contribution < -0.4 is 12.3 Å². The van der Waals surface area contributed by atoms with Crippen molar-refractivity contribution in [3.05, 3.63) is 24.8 Å². The molecule has 0 saturated heterocycles. The fraction of sp³-hybridized carbons (Fsp3) is 0.500. The van der Waals surface area contributed by atoms with Crippen LogP contribution in [0.3, 0.4) is 0 Å². The summed E-state index contributed by atoms with van der Waals surface area (Å²) < 4.78 is 173. The first-order chi connectivity index (χ1) is 13.7. The summed E-state index contributed by atoms with van der Waals surface area (Å²) in [5.74, 6) is -23.8. The number of carbonyl (C=O) groups is 2. The predicted octanol–water partition coefficient (Wildman–Crippen LogP) is 5.11. The molecule has 0 bridgehead atoms. The highest BCUT2D eigenvalue weighted by molar-refractivity contribution is 5.77. The molecule has 204 valence electrons. The lowest BCUT2D eigenvalue weighted by Gasteiger charge is -2.26. The van der Waals surface area contributed by atoms with Crippen LogP contribution in [-0.2, 0) is 19.1 Å². The summed E-state index contributed by atoms with van der Waals surface area (Å²) in [6, 6.07) is 0. The van der Waals surface area contributed by atoms with E-state index < -0.39 is 59.9 Å². The quantitative estimate of drug-likeness (QED) is 0.306. The van der Waals surface area contributed by atoms with Gasteiger partial charge in [-0.25, -0.2) is 18.4 Å². The van der Waals surface area contributed by atoms with E-state index in [1.54, 1.807) is 0 Å². The van der Waals surface area contributed by atoms with Crippen molar-refractivity contribution in [3.8, 4) is 0 Å². The average Bonchev–Trinajstić information content (AvgIpc) is 2.51. The maximum absolute atomic E-state index is 12.6. The van der Waals surface area contributed by atoms with Gasteiger partial charge in [-0.3, -0.25) is 9.47 Å². The van der Waals surface area contributed by atoms with Crippen LogP contribution in [0.4, 0.5) is 61.5 Å². The number of ether oxygens (including phenoxy) is 2. The molecule has 0 fully saturated rings. The van der Waals surface area contributed by atoms with Gasteiger partial charge in [0, 0.05) is 0 Å². The van der Waals surface area contributed by atoms with E-state index in [0.29, 0.717) is 0 Å². The van der Waals surface area contributed by atoms with E-state index in [4.69, 9.17) is 10.2 Å². The van der Waals surface area contributed by atoms with E-state index in [1.807, 2.05) is 13.2 Å². The number of hydrogen-bond donors (Lipinski definition) is 4. The Balaban J connectivity index is -0.000000250. The average molecular weight is 546 g/mol. The van der Waals surface area contributed by atoms with Gasteiger partial charge >= 0.3 is 48.2 Å². The van der Waals surface area contributed by atoms with Crippen LogP contribution in [0.15, 0.2) is 24.8 Å². The number of halogens is 14. The molecule has 0 amide bonds. The van der Waals surface area contributed by atoms with Crippen LogP contribution in [-0.4, -0.2) is 58.4 Å². The third-order valence-electron chi connectivity index (χ3n) is 2.45. The number of carboxylic acid groups (broad SMARTS) is 2. The fourth-order valence-electron chi connectivity index (χ4n) is 0.910. The third-order valence-corrected chi connectivity index (χ3v) is 2.45. The van der Waals surface area contributed by atoms with Crippen LogP contribution >= 0.6 is 0 Å². The normalized spacial score (nSPS) is 15.7. The second kappa shape index (κ2) is 11.6. The zero-order valence-corrected chi connectivity index (χ0v) is 15.6. The van der Waals surface area contributed by atoms with Crippen LogP contribution in [0.2, 0.25) is 0 Å². The molecule has 0 aliphatic heterocycles. The van der Waals surface area contributed by atoms with E-state index in [-0.39, 0.29) is 12.3 Å². The number of alkyl halides is 12. The molecule has 0 radical (unpaired) electrons. The van der Waals surface area contributed by atoms with E-state index in [0.717, 1.165) is 0 Å². The smallest absolute Gasteiger partial charge is 0.460 e. The molecule has 0 aromatic heterocycles. The standard InChI is InChI=1S/2C6H3F7O3.2H3N/c2*1-2(7)5(9,10)16-4(8,3(14)15)6(11,12)13;;/h2*1H2,(H,14,15);2*1H3. The number of aliphatic carboxylic acids is 2. The Kier molecular flexibility index (Phi) is 13.2. The lowest BCUT2D eigenvalue weighted by atomic mass is 10.3. The molecule has 0 rings (SSSR count). The molecule has 0 spiro atoms. The lowest BCUT2D eigenvalue weighted by molar-refractivity contribution is -0.390. The highest BCUT2D eigenvalue weighted by Gasteiger charge is 2.69. The monoisotopic (exact) mass is 546 g/mol. The summed E-state index contributed by atoms with van der Waals surface area (Å²) in [6.45, 7) is 3.77. The van der Waals surface area contributed by atoms with Gasteiger partial charge in [0.1, 0.15) is 0 Å². The van der Waals surface area contributed by atoms with Gasteiger partial charge < -0.3 is 22.5 Å². The largest absolute Gasteiger partial charge is 0.477 e. The van der Waals surface area contributed by atoms with Crippen molar-refractivity contribution in [2.45, 2.75) is 36.3 Å². The van der Waals surface area contributed by atoms with E-state index in [2.05, 4.69) is 9.47 Å². The second-order valence-corrected chi connectivity index (χ2v) is 4.84. The fourth-order valence-corrected chi connectivity index (χ4v) is 0.910. The van der Waals surface area contributed by atoms with Crippen molar-refractivity contribution in [2.75, 3.05) is 0 Å². The molecular formula is C12H12F14N2O6. The van der Waals surface area contributed by atoms with Crippen molar-refractivity contribution in [1.82, 2.24) is 12.3 Å². The molecule has 0 heterocycles. The van der Waals surface area contributed by atoms with Crippen molar-refractivity contribution < 1.29 is 90.7 Å². The SMILES string of the molecule is C=C(F)C(F)(F)OC(F)(C(=O)O)C(F)(F)F.C=C(F)C(F)(F)OC(F)(C(=O)O)C(F)(F)F.N.N. The summed E-state index contributed by atoms with van der Waals surface area (Å²) in [5.41, 5.74) is 0. The first kappa shape index (κ1) is 38.5. The molecule has 22 heteroatoms. The number of hydrogen-bond acceptors (Lipinski definition) is 6. The van der Waals surface area contributed by atoms with Crippen LogP contribution in [0.25, 0.3) is 0 Å². The minimum absolute atomic E-state index is 0. The Morgan fingerprint density at radius 1 is 0.559 bits per heavy atom. The van der Waals surface area contributed by atoms with Crippen LogP contribution in [0.1, 0.15) is 0 Å². The van der Waals surface area contributed by atoms with E-state index >= 15 is 0 Å². The first-order valence-corrected chi connectivity index (χ1v) is 6.52. The zero-order chi connectivity index (χ0) is 26.7. The highest BCUT2D eigenvalue weighted by Crippen LogP contribution is 2.42. The molecule has 8 N–H and O–H groups in total. The molecule has 8 nitrogen and oxygen atoms in total. The molecular weight excluding hydrogens is 534 g/mol. The summed E-state index contributed by atoms with van der Waals surface area (Å²) in [7, 11) is 0. The van der Waals surface area contributed by atoms with Crippen molar-refractivity contribution in [1.29, 1.82) is 0 Å². The molecule has 0 aliphatic rings. The molecule has 0 aromatic carbocycles. The minimum atomic E-state index is -6.31. The topological polar surface area (TPSA) is 163 Å². The van der Waals surface area contributed by atoms with Gasteiger partial charge in [-0.2, -0.15) is 52.7 Å². The number of rotatable bonds is 8. The van der Waals surface area contributed by atoms with Crippen LogP contribution in [0, 0.1) is 0 Å². The number of carboxylic acids is 2. The minimum Gasteiger partial charge on any atom is -0.477 e. The van der Waals surface area contributed by atoms with Gasteiger partial charge in [0.2, 0.25) is 0 Å². The molecule has 34 heavy (non-hydrogen) atoms. The van der Waals surface area contributed by atoms with Gasteiger partial charge in [-0.05, 0) is 0 Å². The second-order valence-electron chi connectivity index (χ2n) is 4.84. The van der Waals surface area contributed by atoms with Gasteiger partial charge in [-0.1, -0.05) is 13.2 Å². The maximum Gasteiger partial charge on any atom is 0.460 e. The summed E-state index contributed by atoms with van der Waals surface area (Å²) in [5, 5.41) is 15.6. The van der Waals surface area contributed by atoms with Crippen molar-refractivity contribution in [3.63, 3.8) is 0 Å². The lowest BCUT2D eigenvalue weighted by Crippen LogP contribution is -2.54. The Morgan fingerprint density at radius 2 is 0.735 bits per heavy atom. The van der Waals surface area contributed by atoms with Gasteiger partial charge in [0.05, 0.1) is 0 Å². The van der Waals surface area contributed by atoms with Gasteiger partial charge in [-0.15, -0.1) is 0 Å². The van der Waals surface area contributed by atoms with E-state index in [1.165, 1.54) is 0 Å².